The third kappa shape index (κ3) is 7.66. The number of ether oxygens (including phenoxy) is 1. The Morgan fingerprint density at radius 3 is 2.56 bits per heavy atom. The summed E-state index contributed by atoms with van der Waals surface area (Å²) in [5.41, 5.74) is 6.87. The number of aromatic nitrogens is 6. The number of unbranched alkanes of at least 4 members (excludes halogenated alkanes) is 1. The molecule has 0 fully saturated rings. The Bertz CT molecular complexity index is 1320. The maximum atomic E-state index is 13.3. The Morgan fingerprint density at radius 2 is 1.87 bits per heavy atom. The number of aromatic amines is 1. The molecule has 0 saturated carbocycles. The summed E-state index contributed by atoms with van der Waals surface area (Å²) < 4.78 is 47.5. The lowest BCUT2D eigenvalue weighted by Gasteiger charge is -2.30. The number of alkyl halides is 3. The first kappa shape index (κ1) is 30.3. The van der Waals surface area contributed by atoms with Crippen molar-refractivity contribution in [2.75, 3.05) is 25.9 Å². The van der Waals surface area contributed by atoms with Gasteiger partial charge >= 0.3 is 6.18 Å². The van der Waals surface area contributed by atoms with Gasteiger partial charge in [0, 0.05) is 32.7 Å². The monoisotopic (exact) mass is 548 g/mol. The highest BCUT2D eigenvalue weighted by molar-refractivity contribution is 5.81. The summed E-state index contributed by atoms with van der Waals surface area (Å²) in [6.45, 7) is 10.6. The zero-order valence-corrected chi connectivity index (χ0v) is 23.3. The highest BCUT2D eigenvalue weighted by Crippen LogP contribution is 2.33. The first-order valence-electron chi connectivity index (χ1n) is 13.4. The Balaban J connectivity index is 0.00000205. The van der Waals surface area contributed by atoms with Gasteiger partial charge in [0.2, 0.25) is 0 Å². The van der Waals surface area contributed by atoms with Crippen LogP contribution in [0.3, 0.4) is 0 Å². The van der Waals surface area contributed by atoms with Gasteiger partial charge in [0.05, 0.1) is 23.5 Å². The summed E-state index contributed by atoms with van der Waals surface area (Å²) in [5.74, 6) is 0.941. The summed E-state index contributed by atoms with van der Waals surface area (Å²) >= 11 is 0. The van der Waals surface area contributed by atoms with Crippen molar-refractivity contribution in [1.82, 2.24) is 34.4 Å². The van der Waals surface area contributed by atoms with Crippen LogP contribution in [0.5, 0.6) is 0 Å². The summed E-state index contributed by atoms with van der Waals surface area (Å²) in [6, 6.07) is 4.41. The molecule has 3 heterocycles. The van der Waals surface area contributed by atoms with Crippen molar-refractivity contribution in [2.24, 2.45) is 0 Å². The predicted molar refractivity (Wildman–Crippen MR) is 147 cm³/mol. The maximum absolute atomic E-state index is 13.3. The average Bonchev–Trinajstić information content (AvgIpc) is 3.52. The van der Waals surface area contributed by atoms with Gasteiger partial charge < -0.3 is 20.0 Å². The molecule has 9 nitrogen and oxygen atoms in total. The molecule has 0 saturated heterocycles. The molecule has 12 heteroatoms. The lowest BCUT2D eigenvalue weighted by atomic mass is 10.1. The second-order valence-electron chi connectivity index (χ2n) is 9.44. The van der Waals surface area contributed by atoms with Crippen LogP contribution < -0.4 is 5.73 Å². The standard InChI is InChI=1S/C25H33F3N8O.C2H6/c1-16(2)35(13-17(37-3)10-12-36-15-32-22-23(29)30-14-31-24(22)36)11-5-4-9-20-33-19-8-6-7-18(21(19)34-20)25(26,27)28;1-2/h6-8,14-17H,4-5,9-13H2,1-3H3,(H,33,34)(H2,29,30,31);1-2H3. The number of nitrogens with zero attached hydrogens (tertiary/aromatic N) is 6. The number of aryl methyl sites for hydroxylation is 2. The maximum Gasteiger partial charge on any atom is 0.418 e. The van der Waals surface area contributed by atoms with Gasteiger partial charge in [0.1, 0.15) is 23.2 Å². The van der Waals surface area contributed by atoms with Gasteiger partial charge in [-0.1, -0.05) is 19.9 Å². The highest BCUT2D eigenvalue weighted by Gasteiger charge is 2.33. The number of H-pyrrole nitrogens is 1. The Kier molecular flexibility index (Phi) is 10.6. The van der Waals surface area contributed by atoms with E-state index in [1.165, 1.54) is 12.4 Å². The number of imidazole rings is 2. The molecule has 3 N–H and O–H groups in total. The third-order valence-electron chi connectivity index (χ3n) is 6.60. The van der Waals surface area contributed by atoms with Crippen molar-refractivity contribution in [2.45, 2.75) is 78.2 Å². The van der Waals surface area contributed by atoms with Gasteiger partial charge in [-0.2, -0.15) is 13.2 Å². The number of hydrogen-bond donors (Lipinski definition) is 2. The molecular formula is C27H39F3N8O. The number of nitrogens with two attached hydrogens (primary N) is 1. The Morgan fingerprint density at radius 1 is 1.10 bits per heavy atom. The van der Waals surface area contributed by atoms with Crippen LogP contribution in [0.15, 0.2) is 30.9 Å². The van der Waals surface area contributed by atoms with E-state index in [9.17, 15) is 13.2 Å². The van der Waals surface area contributed by atoms with E-state index in [0.717, 1.165) is 38.4 Å². The number of nitrogens with one attached hydrogen (secondary N) is 1. The van der Waals surface area contributed by atoms with Crippen LogP contribution >= 0.6 is 0 Å². The molecule has 4 aromatic rings. The van der Waals surface area contributed by atoms with Crippen LogP contribution in [-0.4, -0.2) is 66.7 Å². The molecule has 1 atom stereocenters. The normalized spacial score (nSPS) is 12.9. The van der Waals surface area contributed by atoms with E-state index in [1.54, 1.807) is 19.5 Å². The van der Waals surface area contributed by atoms with Gasteiger partial charge in [-0.05, 0) is 51.8 Å². The van der Waals surface area contributed by atoms with Gasteiger partial charge in [-0.25, -0.2) is 19.9 Å². The number of nitrogen functional groups attached to an aromatic ring is 1. The minimum Gasteiger partial charge on any atom is -0.382 e. The number of benzene rings is 1. The van der Waals surface area contributed by atoms with Gasteiger partial charge in [-0.3, -0.25) is 4.90 Å². The summed E-state index contributed by atoms with van der Waals surface area (Å²) in [6.07, 6.45) is 1.80. The predicted octanol–water partition coefficient (Wildman–Crippen LogP) is 5.47. The van der Waals surface area contributed by atoms with Crippen LogP contribution in [-0.2, 0) is 23.9 Å². The quantitative estimate of drug-likeness (QED) is 0.226. The second kappa shape index (κ2) is 13.7. The van der Waals surface area contributed by atoms with Gasteiger partial charge in [-0.15, -0.1) is 0 Å². The smallest absolute Gasteiger partial charge is 0.382 e. The first-order chi connectivity index (χ1) is 18.7. The van der Waals surface area contributed by atoms with Crippen molar-refractivity contribution < 1.29 is 17.9 Å². The van der Waals surface area contributed by atoms with Crippen LogP contribution in [0.4, 0.5) is 19.0 Å². The molecule has 3 aromatic heterocycles. The molecule has 39 heavy (non-hydrogen) atoms. The fraction of sp³-hybridized carbons (Fsp3) is 0.556. The van der Waals surface area contributed by atoms with Crippen LogP contribution in [0.2, 0.25) is 0 Å². The Labute approximate surface area is 227 Å². The number of fused-ring (bicyclic) bond motifs is 2. The third-order valence-corrected chi connectivity index (χ3v) is 6.60. The van der Waals surface area contributed by atoms with Crippen molar-refractivity contribution in [3.8, 4) is 0 Å². The SMILES string of the molecule is CC.COC(CCn1cnc2c(N)ncnc21)CN(CCCCc1nc2c(C(F)(F)F)cccc2[nH]1)C(C)C. The summed E-state index contributed by atoms with van der Waals surface area (Å²) in [7, 11) is 1.71. The molecule has 1 aromatic carbocycles. The second-order valence-corrected chi connectivity index (χ2v) is 9.44. The fourth-order valence-corrected chi connectivity index (χ4v) is 4.49. The molecule has 0 aliphatic heterocycles. The molecule has 0 radical (unpaired) electrons. The number of rotatable bonds is 12. The molecule has 0 bridgehead atoms. The largest absolute Gasteiger partial charge is 0.418 e. The van der Waals surface area contributed by atoms with E-state index in [2.05, 4.69) is 43.7 Å². The van der Waals surface area contributed by atoms with Crippen LogP contribution in [0.25, 0.3) is 22.2 Å². The molecule has 214 valence electrons. The molecule has 0 amide bonds. The number of anilines is 1. The van der Waals surface area contributed by atoms with E-state index in [4.69, 9.17) is 10.5 Å². The number of hydrogen-bond acceptors (Lipinski definition) is 7. The molecule has 0 aliphatic carbocycles. The lowest BCUT2D eigenvalue weighted by Crippen LogP contribution is -2.39. The molecular weight excluding hydrogens is 509 g/mol. The average molecular weight is 549 g/mol. The van der Waals surface area contributed by atoms with Crippen molar-refractivity contribution >= 4 is 28.0 Å². The number of halogens is 3. The number of methoxy groups -OCH3 is 1. The molecule has 4 rings (SSSR count). The minimum absolute atomic E-state index is 0.00944. The Hall–Kier alpha value is -3.25. The summed E-state index contributed by atoms with van der Waals surface area (Å²) in [4.78, 5) is 22.2. The van der Waals surface area contributed by atoms with E-state index in [-0.39, 0.29) is 11.6 Å². The van der Waals surface area contributed by atoms with Crippen LogP contribution in [0, 0.1) is 0 Å². The molecule has 1 unspecified atom stereocenters. The minimum atomic E-state index is -4.42. The van der Waals surface area contributed by atoms with Gasteiger partial charge in [0.15, 0.2) is 11.5 Å². The first-order valence-corrected chi connectivity index (χ1v) is 13.4. The van der Waals surface area contributed by atoms with Crippen LogP contribution in [0.1, 0.15) is 58.3 Å². The van der Waals surface area contributed by atoms with Crippen molar-refractivity contribution in [3.63, 3.8) is 0 Å². The topological polar surface area (TPSA) is 111 Å². The summed E-state index contributed by atoms with van der Waals surface area (Å²) in [5, 5.41) is 0. The highest BCUT2D eigenvalue weighted by atomic mass is 19.4. The van der Waals surface area contributed by atoms with E-state index < -0.39 is 11.7 Å². The molecule has 0 spiro atoms. The van der Waals surface area contributed by atoms with E-state index in [1.807, 2.05) is 18.4 Å². The lowest BCUT2D eigenvalue weighted by molar-refractivity contribution is -0.136. The fourth-order valence-electron chi connectivity index (χ4n) is 4.49. The van der Waals surface area contributed by atoms with Crippen molar-refractivity contribution in [3.05, 3.63) is 42.2 Å². The molecule has 0 aliphatic rings. The van der Waals surface area contributed by atoms with Crippen molar-refractivity contribution in [1.29, 1.82) is 0 Å². The van der Waals surface area contributed by atoms with E-state index >= 15 is 0 Å². The zero-order chi connectivity index (χ0) is 28.6. The zero-order valence-electron chi connectivity index (χ0n) is 23.3. The van der Waals surface area contributed by atoms with E-state index in [0.29, 0.717) is 47.3 Å². The number of para-hydroxylation sites is 1. The van der Waals surface area contributed by atoms with Gasteiger partial charge in [0.25, 0.3) is 0 Å².